The van der Waals surface area contributed by atoms with Crippen molar-refractivity contribution in [2.75, 3.05) is 7.11 Å². The number of alkyl halides is 2. The zero-order chi connectivity index (χ0) is 13.2. The molecule has 0 aromatic carbocycles. The van der Waals surface area contributed by atoms with Gasteiger partial charge in [0.25, 0.3) is 0 Å². The number of halogens is 2. The molecule has 1 saturated carbocycles. The van der Waals surface area contributed by atoms with Crippen molar-refractivity contribution in [2.24, 2.45) is 11.7 Å². The number of nitrogens with zero attached hydrogens (tertiary/aromatic N) is 2. The predicted molar refractivity (Wildman–Crippen MR) is 62.4 cm³/mol. The third kappa shape index (κ3) is 2.75. The summed E-state index contributed by atoms with van der Waals surface area (Å²) in [5.41, 5.74) is 6.66. The Balaban J connectivity index is 2.10. The van der Waals surface area contributed by atoms with Crippen LogP contribution in [0.3, 0.4) is 0 Å². The van der Waals surface area contributed by atoms with Crippen LogP contribution in [0.2, 0.25) is 0 Å². The van der Waals surface area contributed by atoms with Crippen molar-refractivity contribution in [1.82, 2.24) is 9.97 Å². The largest absolute Gasteiger partial charge is 0.480 e. The molecule has 0 radical (unpaired) electrons. The minimum absolute atomic E-state index is 0.00947. The Morgan fingerprint density at radius 1 is 1.33 bits per heavy atom. The van der Waals surface area contributed by atoms with E-state index in [1.54, 1.807) is 0 Å². The molecule has 2 rings (SSSR count). The molecule has 4 nitrogen and oxygen atoms in total. The van der Waals surface area contributed by atoms with E-state index in [-0.39, 0.29) is 18.8 Å². The van der Waals surface area contributed by atoms with Gasteiger partial charge in [-0.25, -0.2) is 13.8 Å². The van der Waals surface area contributed by atoms with Crippen molar-refractivity contribution in [3.05, 3.63) is 18.1 Å². The minimum Gasteiger partial charge on any atom is -0.480 e. The van der Waals surface area contributed by atoms with Crippen LogP contribution in [0.1, 0.15) is 37.4 Å². The molecule has 1 aliphatic rings. The van der Waals surface area contributed by atoms with Gasteiger partial charge >= 0.3 is 0 Å². The van der Waals surface area contributed by atoms with Gasteiger partial charge in [-0.1, -0.05) is 0 Å². The molecular formula is C12H17F2N3O. The van der Waals surface area contributed by atoms with Crippen molar-refractivity contribution < 1.29 is 13.5 Å². The minimum atomic E-state index is -2.54. The van der Waals surface area contributed by atoms with Crippen molar-refractivity contribution in [1.29, 1.82) is 0 Å². The van der Waals surface area contributed by atoms with Gasteiger partial charge in [0.1, 0.15) is 5.69 Å². The number of hydrogen-bond acceptors (Lipinski definition) is 4. The van der Waals surface area contributed by atoms with Gasteiger partial charge < -0.3 is 10.5 Å². The Labute approximate surface area is 105 Å². The van der Waals surface area contributed by atoms with Crippen LogP contribution < -0.4 is 10.5 Å². The van der Waals surface area contributed by atoms with E-state index >= 15 is 0 Å². The van der Waals surface area contributed by atoms with Crippen molar-refractivity contribution in [2.45, 2.75) is 37.6 Å². The van der Waals surface area contributed by atoms with Crippen molar-refractivity contribution in [3.8, 4) is 5.88 Å². The summed E-state index contributed by atoms with van der Waals surface area (Å²) in [5, 5.41) is 0. The van der Waals surface area contributed by atoms with Crippen LogP contribution in [0.5, 0.6) is 5.88 Å². The van der Waals surface area contributed by atoms with Crippen LogP contribution in [0.15, 0.2) is 12.4 Å². The lowest BCUT2D eigenvalue weighted by Gasteiger charge is -2.31. The van der Waals surface area contributed by atoms with E-state index < -0.39 is 12.0 Å². The summed E-state index contributed by atoms with van der Waals surface area (Å²) >= 11 is 0. The van der Waals surface area contributed by atoms with Gasteiger partial charge in [-0.05, 0) is 18.8 Å². The van der Waals surface area contributed by atoms with Gasteiger partial charge in [-0.2, -0.15) is 0 Å². The molecule has 0 spiro atoms. The fraction of sp³-hybridized carbons (Fsp3) is 0.667. The molecule has 6 heteroatoms. The molecule has 0 aliphatic heterocycles. The maximum absolute atomic E-state index is 13.1. The Kier molecular flexibility index (Phi) is 3.75. The molecule has 18 heavy (non-hydrogen) atoms. The highest BCUT2D eigenvalue weighted by atomic mass is 19.3. The summed E-state index contributed by atoms with van der Waals surface area (Å²) < 4.78 is 31.3. The first-order valence-corrected chi connectivity index (χ1v) is 6.02. The van der Waals surface area contributed by atoms with Crippen LogP contribution >= 0.6 is 0 Å². The van der Waals surface area contributed by atoms with Crippen LogP contribution in [0.4, 0.5) is 8.78 Å². The molecule has 1 heterocycles. The van der Waals surface area contributed by atoms with Crippen LogP contribution in [0, 0.1) is 5.92 Å². The molecule has 1 unspecified atom stereocenters. The molecule has 1 aromatic heterocycles. The summed E-state index contributed by atoms with van der Waals surface area (Å²) in [5.74, 6) is -2.15. The summed E-state index contributed by atoms with van der Waals surface area (Å²) in [7, 11) is 1.50. The van der Waals surface area contributed by atoms with Gasteiger partial charge in [0, 0.05) is 25.2 Å². The van der Waals surface area contributed by atoms with E-state index in [1.165, 1.54) is 19.5 Å². The second kappa shape index (κ2) is 5.14. The highest BCUT2D eigenvalue weighted by molar-refractivity contribution is 5.21. The predicted octanol–water partition coefficient (Wildman–Crippen LogP) is 2.31. The zero-order valence-electron chi connectivity index (χ0n) is 10.3. The molecular weight excluding hydrogens is 240 g/mol. The molecule has 0 saturated heterocycles. The second-order valence-corrected chi connectivity index (χ2v) is 4.67. The molecule has 0 amide bonds. The zero-order valence-corrected chi connectivity index (χ0v) is 10.3. The highest BCUT2D eigenvalue weighted by Gasteiger charge is 2.38. The molecule has 0 bridgehead atoms. The Morgan fingerprint density at radius 3 is 2.56 bits per heavy atom. The third-order valence-electron chi connectivity index (χ3n) is 3.47. The summed E-state index contributed by atoms with van der Waals surface area (Å²) in [6, 6.07) is -0.398. The average Bonchev–Trinajstić information content (AvgIpc) is 2.38. The summed E-state index contributed by atoms with van der Waals surface area (Å²) in [4.78, 5) is 8.19. The lowest BCUT2D eigenvalue weighted by atomic mass is 9.81. The van der Waals surface area contributed by atoms with E-state index in [4.69, 9.17) is 10.5 Å². The summed E-state index contributed by atoms with van der Waals surface area (Å²) in [6.07, 6.45) is 3.67. The number of methoxy groups -OCH3 is 1. The lowest BCUT2D eigenvalue weighted by Crippen LogP contribution is -2.31. The maximum atomic E-state index is 13.1. The van der Waals surface area contributed by atoms with Crippen molar-refractivity contribution >= 4 is 0 Å². The lowest BCUT2D eigenvalue weighted by molar-refractivity contribution is -0.0485. The maximum Gasteiger partial charge on any atom is 0.248 e. The van der Waals surface area contributed by atoms with E-state index in [0.717, 1.165) is 0 Å². The second-order valence-electron chi connectivity index (χ2n) is 4.67. The first-order chi connectivity index (χ1) is 8.53. The monoisotopic (exact) mass is 257 g/mol. The molecule has 1 aliphatic carbocycles. The van der Waals surface area contributed by atoms with Gasteiger partial charge in [0.05, 0.1) is 13.2 Å². The normalized spacial score (nSPS) is 21.6. The van der Waals surface area contributed by atoms with Gasteiger partial charge in [0.2, 0.25) is 11.8 Å². The van der Waals surface area contributed by atoms with E-state index in [0.29, 0.717) is 24.4 Å². The summed E-state index contributed by atoms with van der Waals surface area (Å²) in [6.45, 7) is 0. The van der Waals surface area contributed by atoms with E-state index in [2.05, 4.69) is 9.97 Å². The molecule has 2 N–H and O–H groups in total. The highest BCUT2D eigenvalue weighted by Crippen LogP contribution is 2.41. The third-order valence-corrected chi connectivity index (χ3v) is 3.47. The number of hydrogen-bond donors (Lipinski definition) is 1. The molecule has 1 aromatic rings. The van der Waals surface area contributed by atoms with Crippen LogP contribution in [0.25, 0.3) is 0 Å². The van der Waals surface area contributed by atoms with Gasteiger partial charge in [-0.15, -0.1) is 0 Å². The standard InChI is InChI=1S/C12H17F2N3O/c1-18-11-10(16-6-7-17-11)9(15)8-2-4-12(13,14)5-3-8/h6-9H,2-5,15H2,1H3. The first kappa shape index (κ1) is 13.1. The Morgan fingerprint density at radius 2 is 1.94 bits per heavy atom. The molecule has 1 atom stereocenters. The SMILES string of the molecule is COc1nccnc1C(N)C1CCC(F)(F)CC1. The topological polar surface area (TPSA) is 61.0 Å². The fourth-order valence-electron chi connectivity index (χ4n) is 2.37. The van der Waals surface area contributed by atoms with E-state index in [9.17, 15) is 8.78 Å². The van der Waals surface area contributed by atoms with Crippen LogP contribution in [-0.4, -0.2) is 23.0 Å². The number of aromatic nitrogens is 2. The van der Waals surface area contributed by atoms with Crippen molar-refractivity contribution in [3.63, 3.8) is 0 Å². The smallest absolute Gasteiger partial charge is 0.248 e. The van der Waals surface area contributed by atoms with E-state index in [1.807, 2.05) is 0 Å². The Bertz CT molecular complexity index is 404. The first-order valence-electron chi connectivity index (χ1n) is 6.02. The molecule has 100 valence electrons. The quantitative estimate of drug-likeness (QED) is 0.902. The van der Waals surface area contributed by atoms with Gasteiger partial charge in [0.15, 0.2) is 0 Å². The molecule has 1 fully saturated rings. The number of rotatable bonds is 3. The average molecular weight is 257 g/mol. The number of nitrogens with two attached hydrogens (primary N) is 1. The van der Waals surface area contributed by atoms with Crippen LogP contribution in [-0.2, 0) is 0 Å². The van der Waals surface area contributed by atoms with Gasteiger partial charge in [-0.3, -0.25) is 4.98 Å². The number of ether oxygens (including phenoxy) is 1. The fourth-order valence-corrected chi connectivity index (χ4v) is 2.37. The Hall–Kier alpha value is -1.30.